The predicted molar refractivity (Wildman–Crippen MR) is 240 cm³/mol. The molecular formula is C54H39NO2. The Bertz CT molecular complexity index is 3340. The molecule has 0 saturated carbocycles. The largest absolute Gasteiger partial charge is 0.456 e. The molecule has 0 unspecified atom stereocenters. The number of hydrogen-bond acceptors (Lipinski definition) is 3. The maximum Gasteiger partial charge on any atom is 0.143 e. The lowest BCUT2D eigenvalue weighted by Crippen LogP contribution is -2.15. The van der Waals surface area contributed by atoms with Crippen molar-refractivity contribution < 1.29 is 8.83 Å². The number of benzene rings is 9. The van der Waals surface area contributed by atoms with Crippen molar-refractivity contribution in [3.8, 4) is 22.3 Å². The second-order valence-electron chi connectivity index (χ2n) is 16.1. The first-order chi connectivity index (χ1) is 27.9. The van der Waals surface area contributed by atoms with Gasteiger partial charge in [-0.3, -0.25) is 0 Å². The summed E-state index contributed by atoms with van der Waals surface area (Å²) < 4.78 is 13.5. The van der Waals surface area contributed by atoms with E-state index in [1.54, 1.807) is 0 Å². The summed E-state index contributed by atoms with van der Waals surface area (Å²) in [6.45, 7) is 6.84. The van der Waals surface area contributed by atoms with Crippen LogP contribution in [0.25, 0.3) is 87.7 Å². The normalized spacial score (nSPS) is 12.1. The average Bonchev–Trinajstić information content (AvgIpc) is 3.80. The molecule has 3 heteroatoms. The molecule has 0 N–H and O–H groups in total. The van der Waals surface area contributed by atoms with E-state index in [9.17, 15) is 0 Å². The Hall–Kier alpha value is -7.10. The number of fused-ring (bicyclic) bond motifs is 8. The topological polar surface area (TPSA) is 29.5 Å². The fourth-order valence-electron chi connectivity index (χ4n) is 8.72. The first-order valence-corrected chi connectivity index (χ1v) is 19.7. The van der Waals surface area contributed by atoms with Crippen LogP contribution in [0.2, 0.25) is 0 Å². The van der Waals surface area contributed by atoms with Crippen molar-refractivity contribution in [3.05, 3.63) is 188 Å². The lowest BCUT2D eigenvalue weighted by atomic mass is 9.84. The van der Waals surface area contributed by atoms with Crippen molar-refractivity contribution >= 4 is 82.5 Å². The summed E-state index contributed by atoms with van der Waals surface area (Å²) in [5.41, 5.74) is 12.3. The van der Waals surface area contributed by atoms with Gasteiger partial charge in [-0.25, -0.2) is 0 Å². The summed E-state index contributed by atoms with van der Waals surface area (Å²) in [5, 5.41) is 9.10. The van der Waals surface area contributed by atoms with Gasteiger partial charge in [-0.2, -0.15) is 0 Å². The molecule has 0 aliphatic rings. The standard InChI is InChI=1S/C54H39NO2/c1-54(2,3)38-25-29-47(45(32-38)34-14-5-4-6-15-34)55(39-26-27-42-46-30-36-17-7-8-18-37(36)31-50(46)56-51(42)33-39)48-28-24-35-16-9-10-19-40(35)52(48)44-22-13-21-43-41-20-11-12-23-49(41)57-53(43)44/h4-33H,1-3H3. The van der Waals surface area contributed by atoms with Gasteiger partial charge in [0.1, 0.15) is 22.3 Å². The van der Waals surface area contributed by atoms with E-state index in [1.807, 2.05) is 6.07 Å². The molecule has 11 rings (SSSR count). The number of nitrogens with zero attached hydrogens (tertiary/aromatic N) is 1. The minimum atomic E-state index is -0.0470. The first kappa shape index (κ1) is 33.3. The zero-order valence-corrected chi connectivity index (χ0v) is 32.1. The van der Waals surface area contributed by atoms with E-state index in [-0.39, 0.29) is 5.41 Å². The molecule has 0 bridgehead atoms. The molecule has 272 valence electrons. The zero-order chi connectivity index (χ0) is 38.3. The van der Waals surface area contributed by atoms with Crippen molar-refractivity contribution in [1.82, 2.24) is 0 Å². The van der Waals surface area contributed by atoms with Crippen LogP contribution in [-0.2, 0) is 5.41 Å². The molecular weight excluding hydrogens is 695 g/mol. The van der Waals surface area contributed by atoms with Gasteiger partial charge in [0.2, 0.25) is 0 Å². The molecule has 0 saturated heterocycles. The maximum atomic E-state index is 6.77. The van der Waals surface area contributed by atoms with Gasteiger partial charge in [0.15, 0.2) is 0 Å². The van der Waals surface area contributed by atoms with E-state index in [4.69, 9.17) is 8.83 Å². The molecule has 0 radical (unpaired) electrons. The quantitative estimate of drug-likeness (QED) is 0.176. The van der Waals surface area contributed by atoms with Crippen LogP contribution in [0.1, 0.15) is 26.3 Å². The molecule has 0 aliphatic heterocycles. The summed E-state index contributed by atoms with van der Waals surface area (Å²) in [6, 6.07) is 65.4. The highest BCUT2D eigenvalue weighted by atomic mass is 16.3. The molecule has 57 heavy (non-hydrogen) atoms. The van der Waals surface area contributed by atoms with Crippen LogP contribution in [0, 0.1) is 0 Å². The van der Waals surface area contributed by atoms with E-state index in [0.717, 1.165) is 99.4 Å². The van der Waals surface area contributed by atoms with Crippen molar-refractivity contribution in [2.24, 2.45) is 0 Å². The van der Waals surface area contributed by atoms with Crippen molar-refractivity contribution in [2.45, 2.75) is 26.2 Å². The smallest absolute Gasteiger partial charge is 0.143 e. The molecule has 3 nitrogen and oxygen atoms in total. The highest BCUT2D eigenvalue weighted by Crippen LogP contribution is 2.50. The van der Waals surface area contributed by atoms with Gasteiger partial charge in [-0.1, -0.05) is 148 Å². The Morgan fingerprint density at radius 2 is 1.07 bits per heavy atom. The first-order valence-electron chi connectivity index (χ1n) is 19.7. The van der Waals surface area contributed by atoms with Crippen LogP contribution < -0.4 is 4.90 Å². The van der Waals surface area contributed by atoms with Gasteiger partial charge in [-0.05, 0) is 86.6 Å². The Kier molecular flexibility index (Phi) is 7.42. The van der Waals surface area contributed by atoms with Gasteiger partial charge in [-0.15, -0.1) is 0 Å². The molecule has 0 atom stereocenters. The summed E-state index contributed by atoms with van der Waals surface area (Å²) in [6.07, 6.45) is 0. The van der Waals surface area contributed by atoms with Crippen molar-refractivity contribution in [3.63, 3.8) is 0 Å². The molecule has 2 aromatic heterocycles. The maximum absolute atomic E-state index is 6.77. The third-order valence-electron chi connectivity index (χ3n) is 11.6. The molecule has 9 aromatic carbocycles. The molecule has 0 spiro atoms. The van der Waals surface area contributed by atoms with E-state index in [1.165, 1.54) is 10.9 Å². The second-order valence-corrected chi connectivity index (χ2v) is 16.1. The number of hydrogen-bond donors (Lipinski definition) is 0. The summed E-state index contributed by atoms with van der Waals surface area (Å²) >= 11 is 0. The summed E-state index contributed by atoms with van der Waals surface area (Å²) in [7, 11) is 0. The van der Waals surface area contributed by atoms with Crippen molar-refractivity contribution in [1.29, 1.82) is 0 Å². The highest BCUT2D eigenvalue weighted by Gasteiger charge is 2.26. The minimum Gasteiger partial charge on any atom is -0.456 e. The second kappa shape index (κ2) is 12.7. The molecule has 0 amide bonds. The van der Waals surface area contributed by atoms with Crippen LogP contribution in [-0.4, -0.2) is 0 Å². The minimum absolute atomic E-state index is 0.0470. The summed E-state index contributed by atoms with van der Waals surface area (Å²) in [5.74, 6) is 0. The number of furan rings is 2. The van der Waals surface area contributed by atoms with Gasteiger partial charge < -0.3 is 13.7 Å². The van der Waals surface area contributed by atoms with Gasteiger partial charge in [0, 0.05) is 50.0 Å². The van der Waals surface area contributed by atoms with Gasteiger partial charge in [0.25, 0.3) is 0 Å². The zero-order valence-electron chi connectivity index (χ0n) is 32.1. The Balaban J connectivity index is 1.25. The average molecular weight is 734 g/mol. The van der Waals surface area contributed by atoms with Gasteiger partial charge >= 0.3 is 0 Å². The monoisotopic (exact) mass is 733 g/mol. The van der Waals surface area contributed by atoms with E-state index < -0.39 is 0 Å². The van der Waals surface area contributed by atoms with E-state index in [2.05, 4.69) is 202 Å². The number of para-hydroxylation sites is 2. The molecule has 2 heterocycles. The fourth-order valence-corrected chi connectivity index (χ4v) is 8.72. The van der Waals surface area contributed by atoms with Crippen LogP contribution in [0.5, 0.6) is 0 Å². The fraction of sp³-hybridized carbons (Fsp3) is 0.0741. The lowest BCUT2D eigenvalue weighted by Gasteiger charge is -2.32. The molecule has 0 fully saturated rings. The van der Waals surface area contributed by atoms with Crippen LogP contribution in [0.4, 0.5) is 17.1 Å². The lowest BCUT2D eigenvalue weighted by molar-refractivity contribution is 0.590. The highest BCUT2D eigenvalue weighted by molar-refractivity contribution is 6.16. The van der Waals surface area contributed by atoms with E-state index >= 15 is 0 Å². The number of anilines is 3. The van der Waals surface area contributed by atoms with Gasteiger partial charge in [0.05, 0.1) is 11.4 Å². The third kappa shape index (κ3) is 5.42. The molecule has 0 aliphatic carbocycles. The van der Waals surface area contributed by atoms with Crippen LogP contribution >= 0.6 is 0 Å². The summed E-state index contributed by atoms with van der Waals surface area (Å²) in [4.78, 5) is 2.43. The molecule has 11 aromatic rings. The van der Waals surface area contributed by atoms with Crippen molar-refractivity contribution in [2.75, 3.05) is 4.90 Å². The third-order valence-corrected chi connectivity index (χ3v) is 11.6. The Morgan fingerprint density at radius 1 is 0.404 bits per heavy atom. The predicted octanol–water partition coefficient (Wildman–Crippen LogP) is 15.9. The van der Waals surface area contributed by atoms with Crippen LogP contribution in [0.15, 0.2) is 191 Å². The van der Waals surface area contributed by atoms with E-state index in [0.29, 0.717) is 0 Å². The van der Waals surface area contributed by atoms with Crippen LogP contribution in [0.3, 0.4) is 0 Å². The SMILES string of the molecule is CC(C)(C)c1ccc(N(c2ccc3c(c2)oc2cc4ccccc4cc23)c2ccc3ccccc3c2-c2cccc3c2oc2ccccc23)c(-c2ccccc2)c1. The number of rotatable bonds is 5. The Morgan fingerprint density at radius 3 is 1.89 bits per heavy atom. The Labute approximate surface area is 331 Å².